The third-order valence-electron chi connectivity index (χ3n) is 5.22. The van der Waals surface area contributed by atoms with Crippen molar-refractivity contribution in [1.29, 1.82) is 0 Å². The zero-order chi connectivity index (χ0) is 9.05. The highest BCUT2D eigenvalue weighted by Gasteiger charge is 2.59. The van der Waals surface area contributed by atoms with E-state index in [1.165, 1.54) is 25.7 Å². The zero-order valence-electron chi connectivity index (χ0n) is 8.50. The first kappa shape index (κ1) is 8.28. The van der Waals surface area contributed by atoms with Gasteiger partial charge in [0.1, 0.15) is 0 Å². The summed E-state index contributed by atoms with van der Waals surface area (Å²) in [6.45, 7) is 2.16. The molecule has 0 heterocycles. The lowest BCUT2D eigenvalue weighted by atomic mass is 9.72. The maximum atomic E-state index is 10.4. The van der Waals surface area contributed by atoms with Gasteiger partial charge in [-0.3, -0.25) is 0 Å². The topological polar surface area (TPSA) is 20.2 Å². The largest absolute Gasteiger partial charge is 0.390 e. The number of hydrogen-bond donors (Lipinski definition) is 1. The molecule has 1 heteroatoms. The third-order valence-corrected chi connectivity index (χ3v) is 5.22. The minimum absolute atomic E-state index is 0.254. The summed E-state index contributed by atoms with van der Waals surface area (Å²) >= 11 is 0. The fourth-order valence-electron chi connectivity index (χ4n) is 4.64. The Morgan fingerprint density at radius 3 is 2.85 bits per heavy atom. The van der Waals surface area contributed by atoms with Crippen molar-refractivity contribution in [1.82, 2.24) is 0 Å². The minimum atomic E-state index is -0.254. The molecular weight excluding hydrogens is 160 g/mol. The van der Waals surface area contributed by atoms with Crippen LogP contribution in [-0.4, -0.2) is 10.7 Å². The summed E-state index contributed by atoms with van der Waals surface area (Å²) in [5.74, 6) is 3.48. The van der Waals surface area contributed by atoms with Gasteiger partial charge in [-0.15, -0.1) is 0 Å². The van der Waals surface area contributed by atoms with Crippen LogP contribution >= 0.6 is 0 Å². The Kier molecular flexibility index (Phi) is 1.59. The zero-order valence-corrected chi connectivity index (χ0v) is 8.50. The first-order chi connectivity index (χ1) is 6.24. The molecular formula is C12H20O. The summed E-state index contributed by atoms with van der Waals surface area (Å²) in [7, 11) is 0. The minimum Gasteiger partial charge on any atom is -0.390 e. The van der Waals surface area contributed by atoms with Crippen LogP contribution in [0.3, 0.4) is 0 Å². The average molecular weight is 180 g/mol. The van der Waals surface area contributed by atoms with E-state index in [0.717, 1.165) is 30.6 Å². The van der Waals surface area contributed by atoms with E-state index in [-0.39, 0.29) is 5.60 Å². The van der Waals surface area contributed by atoms with Crippen LogP contribution in [0.15, 0.2) is 0 Å². The molecule has 0 spiro atoms. The summed E-state index contributed by atoms with van der Waals surface area (Å²) < 4.78 is 0. The molecule has 0 aromatic heterocycles. The highest BCUT2D eigenvalue weighted by molar-refractivity contribution is 5.09. The van der Waals surface area contributed by atoms with E-state index in [4.69, 9.17) is 0 Å². The number of fused-ring (bicyclic) bond motifs is 5. The normalized spacial score (nSPS) is 58.6. The summed E-state index contributed by atoms with van der Waals surface area (Å²) in [5, 5.41) is 10.4. The molecule has 0 radical (unpaired) electrons. The Morgan fingerprint density at radius 2 is 2.08 bits per heavy atom. The third kappa shape index (κ3) is 0.918. The second-order valence-corrected chi connectivity index (χ2v) is 5.52. The van der Waals surface area contributed by atoms with Gasteiger partial charge < -0.3 is 5.11 Å². The highest BCUT2D eigenvalue weighted by Crippen LogP contribution is 2.62. The number of hydrogen-bond acceptors (Lipinski definition) is 1. The number of aliphatic hydroxyl groups is 1. The molecule has 0 aromatic rings. The predicted molar refractivity (Wildman–Crippen MR) is 52.3 cm³/mol. The maximum absolute atomic E-state index is 10.4. The van der Waals surface area contributed by atoms with Crippen LogP contribution in [0.4, 0.5) is 0 Å². The molecule has 5 unspecified atom stereocenters. The molecule has 3 rings (SSSR count). The van der Waals surface area contributed by atoms with E-state index < -0.39 is 0 Å². The fourth-order valence-corrected chi connectivity index (χ4v) is 4.64. The first-order valence-corrected chi connectivity index (χ1v) is 5.97. The number of rotatable bonds is 1. The fraction of sp³-hybridized carbons (Fsp3) is 1.00. The molecule has 0 amide bonds. The van der Waals surface area contributed by atoms with Crippen LogP contribution in [0, 0.1) is 23.7 Å². The van der Waals surface area contributed by atoms with Crippen LogP contribution in [-0.2, 0) is 0 Å². The van der Waals surface area contributed by atoms with Gasteiger partial charge in [0.2, 0.25) is 0 Å². The second kappa shape index (κ2) is 2.50. The monoisotopic (exact) mass is 180 g/mol. The molecule has 3 fully saturated rings. The Bertz CT molecular complexity index is 225. The van der Waals surface area contributed by atoms with Gasteiger partial charge in [-0.1, -0.05) is 13.3 Å². The van der Waals surface area contributed by atoms with E-state index in [2.05, 4.69) is 6.92 Å². The molecule has 74 valence electrons. The Hall–Kier alpha value is -0.0400. The van der Waals surface area contributed by atoms with Crippen molar-refractivity contribution >= 4 is 0 Å². The molecule has 0 aromatic carbocycles. The van der Waals surface area contributed by atoms with Gasteiger partial charge in [0.05, 0.1) is 5.60 Å². The van der Waals surface area contributed by atoms with Crippen LogP contribution in [0.1, 0.15) is 45.4 Å². The van der Waals surface area contributed by atoms with Crippen LogP contribution < -0.4 is 0 Å². The van der Waals surface area contributed by atoms with Crippen molar-refractivity contribution in [3.63, 3.8) is 0 Å². The Labute approximate surface area is 80.5 Å². The van der Waals surface area contributed by atoms with Gasteiger partial charge in [-0.25, -0.2) is 0 Å². The van der Waals surface area contributed by atoms with Crippen molar-refractivity contribution in [2.75, 3.05) is 0 Å². The van der Waals surface area contributed by atoms with Gasteiger partial charge >= 0.3 is 0 Å². The van der Waals surface area contributed by atoms with Crippen LogP contribution in [0.2, 0.25) is 0 Å². The quantitative estimate of drug-likeness (QED) is 0.657. The summed E-state index contributed by atoms with van der Waals surface area (Å²) in [4.78, 5) is 0. The van der Waals surface area contributed by atoms with Gasteiger partial charge in [-0.2, -0.15) is 0 Å². The summed E-state index contributed by atoms with van der Waals surface area (Å²) in [5.41, 5.74) is -0.254. The van der Waals surface area contributed by atoms with Crippen molar-refractivity contribution in [2.45, 2.75) is 51.0 Å². The lowest BCUT2D eigenvalue weighted by molar-refractivity contribution is -0.0482. The predicted octanol–water partition coefficient (Wildman–Crippen LogP) is 2.58. The molecule has 1 nitrogen and oxygen atoms in total. The summed E-state index contributed by atoms with van der Waals surface area (Å²) in [6, 6.07) is 0. The smallest absolute Gasteiger partial charge is 0.0678 e. The van der Waals surface area contributed by atoms with E-state index >= 15 is 0 Å². The Morgan fingerprint density at radius 1 is 1.31 bits per heavy atom. The molecule has 3 aliphatic rings. The van der Waals surface area contributed by atoms with E-state index in [1.54, 1.807) is 0 Å². The highest BCUT2D eigenvalue weighted by atomic mass is 16.3. The molecule has 0 saturated heterocycles. The van der Waals surface area contributed by atoms with Crippen molar-refractivity contribution in [3.05, 3.63) is 0 Å². The Balaban J connectivity index is 1.89. The van der Waals surface area contributed by atoms with Crippen molar-refractivity contribution in [2.24, 2.45) is 23.7 Å². The van der Waals surface area contributed by atoms with Gasteiger partial charge in [0, 0.05) is 0 Å². The lowest BCUT2D eigenvalue weighted by Crippen LogP contribution is -2.40. The van der Waals surface area contributed by atoms with Crippen molar-refractivity contribution < 1.29 is 5.11 Å². The second-order valence-electron chi connectivity index (χ2n) is 5.52. The van der Waals surface area contributed by atoms with E-state index in [1.807, 2.05) is 0 Å². The maximum Gasteiger partial charge on any atom is 0.0678 e. The summed E-state index contributed by atoms with van der Waals surface area (Å²) in [6.07, 6.45) is 7.76. The van der Waals surface area contributed by atoms with Gasteiger partial charge in [0.25, 0.3) is 0 Å². The van der Waals surface area contributed by atoms with Gasteiger partial charge in [0.15, 0.2) is 0 Å². The van der Waals surface area contributed by atoms with E-state index in [9.17, 15) is 5.11 Å². The lowest BCUT2D eigenvalue weighted by Gasteiger charge is -2.38. The molecule has 1 N–H and O–H groups in total. The SMILES string of the molecule is CCC1(O)CC2CC1C1CCCC21. The molecule has 0 aliphatic heterocycles. The first-order valence-electron chi connectivity index (χ1n) is 5.97. The van der Waals surface area contributed by atoms with Gasteiger partial charge in [-0.05, 0) is 55.8 Å². The molecule has 13 heavy (non-hydrogen) atoms. The van der Waals surface area contributed by atoms with E-state index in [0.29, 0.717) is 5.92 Å². The van der Waals surface area contributed by atoms with Crippen LogP contribution in [0.25, 0.3) is 0 Å². The average Bonchev–Trinajstić information content (AvgIpc) is 2.72. The molecule has 2 bridgehead atoms. The molecule has 3 aliphatic carbocycles. The standard InChI is InChI=1S/C12H20O/c1-2-12(13)7-8-6-11(12)10-5-3-4-9(8)10/h8-11,13H,2-7H2,1H3. The molecule has 3 saturated carbocycles. The van der Waals surface area contributed by atoms with Crippen LogP contribution in [0.5, 0.6) is 0 Å². The molecule has 5 atom stereocenters. The van der Waals surface area contributed by atoms with Crippen molar-refractivity contribution in [3.8, 4) is 0 Å².